The molecule has 8 heteroatoms. The number of nitrogens with one attached hydrogen (secondary N) is 2. The Balaban J connectivity index is 2.46. The van der Waals surface area contributed by atoms with Crippen LogP contribution < -0.4 is 10.6 Å². The number of halogens is 1. The highest BCUT2D eigenvalue weighted by Crippen LogP contribution is 2.31. The van der Waals surface area contributed by atoms with Crippen molar-refractivity contribution in [3.8, 4) is 0 Å². The number of hydrogen-bond acceptors (Lipinski definition) is 4. The monoisotopic (exact) mass is 501 g/mol. The number of amides is 3. The third kappa shape index (κ3) is 7.21. The van der Waals surface area contributed by atoms with E-state index in [1.54, 1.807) is 46.8 Å². The summed E-state index contributed by atoms with van der Waals surface area (Å²) in [4.78, 5) is 41.0. The van der Waals surface area contributed by atoms with Crippen LogP contribution in [0.1, 0.15) is 62.9 Å². The minimum absolute atomic E-state index is 0.242. The number of likely N-dealkylation sites (N-methyl/N-ethyl adjacent to an activating group) is 1. The SMILES string of the molecule is CCN(C(=O)C(C)NC(=O)OC(C)(C)C)C(C(=O)Nc1c(C)cccc1Cl)c1cccc(C)c1C. The number of aryl methyl sites for hydroxylation is 2. The number of nitrogens with zero attached hydrogens (tertiary/aromatic N) is 1. The van der Waals surface area contributed by atoms with Crippen molar-refractivity contribution >= 4 is 35.2 Å². The van der Waals surface area contributed by atoms with E-state index in [1.165, 1.54) is 4.90 Å². The summed E-state index contributed by atoms with van der Waals surface area (Å²) in [5.41, 5.74) is 3.20. The summed E-state index contributed by atoms with van der Waals surface area (Å²) in [6.45, 7) is 14.6. The number of carbonyl (C=O) groups excluding carboxylic acids is 3. The zero-order valence-corrected chi connectivity index (χ0v) is 22.5. The van der Waals surface area contributed by atoms with Gasteiger partial charge >= 0.3 is 6.09 Å². The van der Waals surface area contributed by atoms with Crippen LogP contribution >= 0.6 is 11.6 Å². The van der Waals surface area contributed by atoms with Crippen LogP contribution in [-0.4, -0.2) is 41.0 Å². The number of hydrogen-bond donors (Lipinski definition) is 2. The molecule has 3 amide bonds. The third-order valence-electron chi connectivity index (χ3n) is 5.70. The fourth-order valence-corrected chi connectivity index (χ4v) is 4.03. The molecule has 0 saturated heterocycles. The third-order valence-corrected chi connectivity index (χ3v) is 6.01. The zero-order chi connectivity index (χ0) is 26.5. The molecule has 2 unspecified atom stereocenters. The molecule has 2 aromatic rings. The number of carbonyl (C=O) groups is 3. The summed E-state index contributed by atoms with van der Waals surface area (Å²) in [6, 6.07) is 9.17. The molecule has 0 aliphatic heterocycles. The Bertz CT molecular complexity index is 1070. The number of alkyl carbamates (subject to hydrolysis) is 1. The fourth-order valence-electron chi connectivity index (χ4n) is 3.76. The van der Waals surface area contributed by atoms with Gasteiger partial charge < -0.3 is 20.3 Å². The standard InChI is InChI=1S/C27H36ClN3O4/c1-9-31(25(33)19(5)29-26(34)35-27(6,7)8)23(20-14-10-12-16(2)18(20)4)24(32)30-22-17(3)13-11-15-21(22)28/h10-15,19,23H,9H2,1-8H3,(H,29,34)(H,30,32). The second-order valence-corrected chi connectivity index (χ2v) is 10.0. The second kappa shape index (κ2) is 11.6. The summed E-state index contributed by atoms with van der Waals surface area (Å²) in [5, 5.41) is 5.92. The van der Waals surface area contributed by atoms with Gasteiger partial charge in [-0.1, -0.05) is 41.9 Å². The highest BCUT2D eigenvalue weighted by molar-refractivity contribution is 6.34. The van der Waals surface area contributed by atoms with Crippen LogP contribution in [0.15, 0.2) is 36.4 Å². The van der Waals surface area contributed by atoms with Crippen LogP contribution in [0.4, 0.5) is 10.5 Å². The van der Waals surface area contributed by atoms with Gasteiger partial charge in [0.1, 0.15) is 17.7 Å². The molecular formula is C27H36ClN3O4. The van der Waals surface area contributed by atoms with E-state index in [4.69, 9.17) is 16.3 Å². The Labute approximate surface area is 213 Å². The van der Waals surface area contributed by atoms with Crippen LogP contribution in [0, 0.1) is 20.8 Å². The molecule has 0 fully saturated rings. The van der Waals surface area contributed by atoms with E-state index in [2.05, 4.69) is 10.6 Å². The largest absolute Gasteiger partial charge is 0.444 e. The molecule has 0 heterocycles. The van der Waals surface area contributed by atoms with Gasteiger partial charge in [-0.05, 0) is 83.7 Å². The summed E-state index contributed by atoms with van der Waals surface area (Å²) in [6.07, 6.45) is -0.700. The van der Waals surface area contributed by atoms with E-state index in [1.807, 2.05) is 45.0 Å². The van der Waals surface area contributed by atoms with Crippen LogP contribution in [0.3, 0.4) is 0 Å². The molecule has 0 aromatic heterocycles. The van der Waals surface area contributed by atoms with Crippen molar-refractivity contribution < 1.29 is 19.1 Å². The van der Waals surface area contributed by atoms with Crippen molar-refractivity contribution in [1.29, 1.82) is 0 Å². The maximum atomic E-state index is 13.7. The van der Waals surface area contributed by atoms with Crippen molar-refractivity contribution in [3.05, 3.63) is 63.7 Å². The lowest BCUT2D eigenvalue weighted by Crippen LogP contribution is -2.51. The molecule has 0 radical (unpaired) electrons. The van der Waals surface area contributed by atoms with Crippen molar-refractivity contribution in [3.63, 3.8) is 0 Å². The highest BCUT2D eigenvalue weighted by atomic mass is 35.5. The summed E-state index contributed by atoms with van der Waals surface area (Å²) < 4.78 is 5.29. The zero-order valence-electron chi connectivity index (χ0n) is 21.8. The van der Waals surface area contributed by atoms with Gasteiger partial charge in [-0.15, -0.1) is 0 Å². The average Bonchev–Trinajstić information content (AvgIpc) is 2.75. The van der Waals surface area contributed by atoms with Gasteiger partial charge in [0, 0.05) is 6.54 Å². The fraction of sp³-hybridized carbons (Fsp3) is 0.444. The maximum Gasteiger partial charge on any atom is 0.408 e. The smallest absolute Gasteiger partial charge is 0.408 e. The lowest BCUT2D eigenvalue weighted by molar-refractivity contribution is -0.140. The quantitative estimate of drug-likeness (QED) is 0.509. The topological polar surface area (TPSA) is 87.7 Å². The van der Waals surface area contributed by atoms with Crippen LogP contribution in [0.5, 0.6) is 0 Å². The van der Waals surface area contributed by atoms with Crippen molar-refractivity contribution in [2.45, 2.75) is 73.1 Å². The Morgan fingerprint density at radius 2 is 1.63 bits per heavy atom. The molecule has 2 rings (SSSR count). The molecule has 0 bridgehead atoms. The second-order valence-electron chi connectivity index (χ2n) is 9.60. The summed E-state index contributed by atoms with van der Waals surface area (Å²) >= 11 is 6.36. The molecule has 0 spiro atoms. The molecular weight excluding hydrogens is 466 g/mol. The van der Waals surface area contributed by atoms with E-state index in [0.717, 1.165) is 16.7 Å². The van der Waals surface area contributed by atoms with Gasteiger partial charge in [-0.25, -0.2) is 4.79 Å². The number of anilines is 1. The molecule has 2 aromatic carbocycles. The summed E-state index contributed by atoms with van der Waals surface area (Å²) in [5.74, 6) is -0.801. The molecule has 2 atom stereocenters. The van der Waals surface area contributed by atoms with Crippen molar-refractivity contribution in [1.82, 2.24) is 10.2 Å². The first-order chi connectivity index (χ1) is 16.3. The van der Waals surface area contributed by atoms with Gasteiger partial charge in [-0.2, -0.15) is 0 Å². The molecule has 35 heavy (non-hydrogen) atoms. The lowest BCUT2D eigenvalue weighted by atomic mass is 9.95. The van der Waals surface area contributed by atoms with Gasteiger partial charge in [0.25, 0.3) is 5.91 Å². The molecule has 0 aliphatic rings. The van der Waals surface area contributed by atoms with Crippen LogP contribution in [0.2, 0.25) is 5.02 Å². The van der Waals surface area contributed by atoms with Crippen LogP contribution in [-0.2, 0) is 14.3 Å². The number of ether oxygens (including phenoxy) is 1. The van der Waals surface area contributed by atoms with Gasteiger partial charge in [-0.3, -0.25) is 9.59 Å². The number of benzene rings is 2. The van der Waals surface area contributed by atoms with E-state index >= 15 is 0 Å². The van der Waals surface area contributed by atoms with E-state index in [9.17, 15) is 14.4 Å². The van der Waals surface area contributed by atoms with Crippen molar-refractivity contribution in [2.75, 3.05) is 11.9 Å². The first kappa shape index (κ1) is 28.2. The minimum Gasteiger partial charge on any atom is -0.444 e. The summed E-state index contributed by atoms with van der Waals surface area (Å²) in [7, 11) is 0. The first-order valence-corrected chi connectivity index (χ1v) is 12.1. The molecule has 190 valence electrons. The minimum atomic E-state index is -0.939. The predicted molar refractivity (Wildman–Crippen MR) is 140 cm³/mol. The maximum absolute atomic E-state index is 13.7. The van der Waals surface area contributed by atoms with Crippen molar-refractivity contribution in [2.24, 2.45) is 0 Å². The molecule has 7 nitrogen and oxygen atoms in total. The predicted octanol–water partition coefficient (Wildman–Crippen LogP) is 5.71. The average molecular weight is 502 g/mol. The molecule has 0 saturated carbocycles. The number of para-hydroxylation sites is 1. The number of rotatable bonds is 7. The van der Waals surface area contributed by atoms with E-state index < -0.39 is 35.6 Å². The van der Waals surface area contributed by atoms with Gasteiger partial charge in [0.15, 0.2) is 0 Å². The normalized spacial score (nSPS) is 12.9. The van der Waals surface area contributed by atoms with E-state index in [0.29, 0.717) is 16.3 Å². The Morgan fingerprint density at radius 3 is 2.20 bits per heavy atom. The highest BCUT2D eigenvalue weighted by Gasteiger charge is 2.35. The Kier molecular flexibility index (Phi) is 9.32. The molecule has 0 aliphatic carbocycles. The molecule has 2 N–H and O–H groups in total. The first-order valence-electron chi connectivity index (χ1n) is 11.7. The Hall–Kier alpha value is -3.06. The Morgan fingerprint density at radius 1 is 1.03 bits per heavy atom. The van der Waals surface area contributed by atoms with Gasteiger partial charge in [0.2, 0.25) is 5.91 Å². The van der Waals surface area contributed by atoms with Gasteiger partial charge in [0.05, 0.1) is 10.7 Å². The van der Waals surface area contributed by atoms with E-state index in [-0.39, 0.29) is 6.54 Å². The lowest BCUT2D eigenvalue weighted by Gasteiger charge is -2.34. The van der Waals surface area contributed by atoms with Crippen LogP contribution in [0.25, 0.3) is 0 Å².